The normalized spacial score (nSPS) is 10.2. The zero-order chi connectivity index (χ0) is 13.0. The number of rotatable bonds is 5. The van der Waals surface area contributed by atoms with Gasteiger partial charge in [-0.05, 0) is 16.9 Å². The van der Waals surface area contributed by atoms with Crippen molar-refractivity contribution < 1.29 is 9.72 Å². The fraction of sp³-hybridized carbons (Fsp3) is 0.167. The third kappa shape index (κ3) is 2.79. The molecule has 1 heterocycles. The van der Waals surface area contributed by atoms with E-state index in [0.29, 0.717) is 6.42 Å². The Morgan fingerprint density at radius 2 is 2.06 bits per heavy atom. The maximum atomic E-state index is 11.7. The van der Waals surface area contributed by atoms with E-state index < -0.39 is 4.92 Å². The van der Waals surface area contributed by atoms with Gasteiger partial charge in [0.1, 0.15) is 0 Å². The molecule has 2 rings (SSSR count). The lowest BCUT2D eigenvalue weighted by Gasteiger charge is -1.98. The first-order valence-electron chi connectivity index (χ1n) is 5.44. The summed E-state index contributed by atoms with van der Waals surface area (Å²) in [6.45, 7) is 0. The number of hydrogen-bond acceptors (Lipinski definition) is 4. The van der Waals surface area contributed by atoms with Gasteiger partial charge >= 0.3 is 5.82 Å². The largest absolute Gasteiger partial charge is 0.358 e. The number of nitrogens with one attached hydrogen (secondary N) is 1. The summed E-state index contributed by atoms with van der Waals surface area (Å²) < 4.78 is 0. The number of nitro groups is 1. The Kier molecular flexibility index (Phi) is 3.47. The first-order chi connectivity index (χ1) is 8.66. The van der Waals surface area contributed by atoms with Gasteiger partial charge in [0, 0.05) is 6.42 Å². The van der Waals surface area contributed by atoms with E-state index in [1.807, 2.05) is 30.3 Å². The monoisotopic (exact) mass is 245 g/mol. The maximum absolute atomic E-state index is 11.7. The molecule has 6 nitrogen and oxygen atoms in total. The number of ketones is 1. The van der Waals surface area contributed by atoms with E-state index in [0.717, 1.165) is 11.6 Å². The number of aromatic nitrogens is 2. The Bertz CT molecular complexity index is 563. The van der Waals surface area contributed by atoms with Gasteiger partial charge in [0.05, 0.1) is 6.07 Å². The van der Waals surface area contributed by atoms with Crippen LogP contribution in [-0.4, -0.2) is 20.9 Å². The fourth-order valence-electron chi connectivity index (χ4n) is 1.58. The van der Waals surface area contributed by atoms with Crippen molar-refractivity contribution in [2.75, 3.05) is 0 Å². The molecule has 0 radical (unpaired) electrons. The Labute approximate surface area is 103 Å². The van der Waals surface area contributed by atoms with Gasteiger partial charge in [-0.1, -0.05) is 35.4 Å². The van der Waals surface area contributed by atoms with Crippen LogP contribution in [0.4, 0.5) is 5.82 Å². The van der Waals surface area contributed by atoms with Crippen LogP contribution >= 0.6 is 0 Å². The number of hydrogen-bond donors (Lipinski definition) is 1. The van der Waals surface area contributed by atoms with E-state index in [1.54, 1.807) is 0 Å². The lowest BCUT2D eigenvalue weighted by atomic mass is 10.1. The van der Waals surface area contributed by atoms with Gasteiger partial charge in [-0.15, -0.1) is 5.10 Å². The highest BCUT2D eigenvalue weighted by atomic mass is 16.6. The van der Waals surface area contributed by atoms with Crippen molar-refractivity contribution in [1.29, 1.82) is 0 Å². The summed E-state index contributed by atoms with van der Waals surface area (Å²) in [5.41, 5.74) is 1.16. The zero-order valence-corrected chi connectivity index (χ0v) is 9.50. The molecule has 92 valence electrons. The molecule has 0 aliphatic rings. The Morgan fingerprint density at radius 3 is 2.67 bits per heavy atom. The molecule has 1 N–H and O–H groups in total. The summed E-state index contributed by atoms with van der Waals surface area (Å²) in [6.07, 6.45) is 0.881. The summed E-state index contributed by atoms with van der Waals surface area (Å²) in [5, 5.41) is 16.3. The highest BCUT2D eigenvalue weighted by Gasteiger charge is 2.15. The van der Waals surface area contributed by atoms with Crippen molar-refractivity contribution in [1.82, 2.24) is 10.2 Å². The second kappa shape index (κ2) is 5.22. The summed E-state index contributed by atoms with van der Waals surface area (Å²) in [5.74, 6) is -0.471. The van der Waals surface area contributed by atoms with Gasteiger partial charge in [0.2, 0.25) is 0 Å². The van der Waals surface area contributed by atoms with Gasteiger partial charge < -0.3 is 10.1 Å². The average molecular weight is 245 g/mol. The highest BCUT2D eigenvalue weighted by Crippen LogP contribution is 2.11. The number of benzene rings is 1. The smallest absolute Gasteiger partial charge is 0.343 e. The van der Waals surface area contributed by atoms with Crippen LogP contribution < -0.4 is 0 Å². The van der Waals surface area contributed by atoms with Crippen molar-refractivity contribution in [3.63, 3.8) is 0 Å². The predicted molar refractivity (Wildman–Crippen MR) is 64.3 cm³/mol. The summed E-state index contributed by atoms with van der Waals surface area (Å²) in [6, 6.07) is 10.7. The molecule has 0 amide bonds. The Hall–Kier alpha value is -2.50. The SMILES string of the molecule is O=C(CCc1ccccc1)c1cc([N+](=O)[O-])[nH]n1. The number of carbonyl (C=O) groups excluding carboxylic acids is 1. The van der Waals surface area contributed by atoms with Gasteiger partial charge in [-0.25, -0.2) is 0 Å². The lowest BCUT2D eigenvalue weighted by Crippen LogP contribution is -2.01. The maximum Gasteiger partial charge on any atom is 0.343 e. The molecule has 0 spiro atoms. The van der Waals surface area contributed by atoms with Crippen LogP contribution in [0.3, 0.4) is 0 Å². The second-order valence-electron chi connectivity index (χ2n) is 3.80. The molecule has 0 aliphatic heterocycles. The Balaban J connectivity index is 1.97. The molecule has 0 saturated carbocycles. The molecular formula is C12H11N3O3. The minimum atomic E-state index is -0.610. The molecule has 6 heteroatoms. The third-order valence-corrected chi connectivity index (χ3v) is 2.53. The van der Waals surface area contributed by atoms with Crippen molar-refractivity contribution in [2.45, 2.75) is 12.8 Å². The van der Waals surface area contributed by atoms with Crippen LogP contribution in [0.1, 0.15) is 22.5 Å². The second-order valence-corrected chi connectivity index (χ2v) is 3.80. The van der Waals surface area contributed by atoms with E-state index in [-0.39, 0.29) is 23.7 Å². The summed E-state index contributed by atoms with van der Waals surface area (Å²) in [7, 11) is 0. The predicted octanol–water partition coefficient (Wildman–Crippen LogP) is 2.13. The number of aryl methyl sites for hydroxylation is 1. The highest BCUT2D eigenvalue weighted by molar-refractivity contribution is 5.94. The minimum Gasteiger partial charge on any atom is -0.358 e. The topological polar surface area (TPSA) is 88.9 Å². The van der Waals surface area contributed by atoms with Crippen LogP contribution in [0.2, 0.25) is 0 Å². The van der Waals surface area contributed by atoms with E-state index in [9.17, 15) is 14.9 Å². The fourth-order valence-corrected chi connectivity index (χ4v) is 1.58. The Morgan fingerprint density at radius 1 is 1.33 bits per heavy atom. The number of nitrogens with zero attached hydrogens (tertiary/aromatic N) is 2. The molecule has 0 saturated heterocycles. The third-order valence-electron chi connectivity index (χ3n) is 2.53. The molecule has 0 atom stereocenters. The summed E-state index contributed by atoms with van der Waals surface area (Å²) in [4.78, 5) is 21.6. The van der Waals surface area contributed by atoms with E-state index >= 15 is 0 Å². The minimum absolute atomic E-state index is 0.109. The standard InChI is InChI=1S/C12H11N3O3/c16-11(7-6-9-4-2-1-3-5-9)10-8-12(14-13-10)15(17)18/h1-5,8H,6-7H2,(H,13,14). The van der Waals surface area contributed by atoms with Crippen molar-refractivity contribution in [3.8, 4) is 0 Å². The molecule has 18 heavy (non-hydrogen) atoms. The summed E-state index contributed by atoms with van der Waals surface area (Å²) >= 11 is 0. The van der Waals surface area contributed by atoms with Gasteiger partial charge in [0.25, 0.3) is 0 Å². The van der Waals surface area contributed by atoms with Crippen LogP contribution in [-0.2, 0) is 6.42 Å². The van der Waals surface area contributed by atoms with Crippen LogP contribution in [0.15, 0.2) is 36.4 Å². The number of Topliss-reactive ketones (excluding diaryl/α,β-unsaturated/α-hetero) is 1. The van der Waals surface area contributed by atoms with Crippen molar-refractivity contribution in [2.24, 2.45) is 0 Å². The van der Waals surface area contributed by atoms with Gasteiger partial charge in [0.15, 0.2) is 11.5 Å². The molecule has 1 aromatic carbocycles. The van der Waals surface area contributed by atoms with Gasteiger partial charge in [-0.3, -0.25) is 4.79 Å². The molecule has 0 aliphatic carbocycles. The van der Waals surface area contributed by atoms with Crippen LogP contribution in [0.25, 0.3) is 0 Å². The van der Waals surface area contributed by atoms with Gasteiger partial charge in [-0.2, -0.15) is 0 Å². The molecule has 2 aromatic rings. The number of carbonyl (C=O) groups is 1. The lowest BCUT2D eigenvalue weighted by molar-refractivity contribution is -0.389. The van der Waals surface area contributed by atoms with Crippen molar-refractivity contribution >= 4 is 11.6 Å². The molecule has 0 unspecified atom stereocenters. The molecule has 0 fully saturated rings. The van der Waals surface area contributed by atoms with E-state index in [1.165, 1.54) is 0 Å². The zero-order valence-electron chi connectivity index (χ0n) is 9.50. The first-order valence-corrected chi connectivity index (χ1v) is 5.44. The molecule has 0 bridgehead atoms. The van der Waals surface area contributed by atoms with Crippen LogP contribution in [0.5, 0.6) is 0 Å². The molecule has 1 aromatic heterocycles. The quantitative estimate of drug-likeness (QED) is 0.496. The number of aromatic amines is 1. The van der Waals surface area contributed by atoms with Crippen molar-refractivity contribution in [3.05, 3.63) is 57.8 Å². The average Bonchev–Trinajstić information content (AvgIpc) is 2.87. The first kappa shape index (κ1) is 12.0. The molecular weight excluding hydrogens is 234 g/mol. The van der Waals surface area contributed by atoms with E-state index in [4.69, 9.17) is 0 Å². The van der Waals surface area contributed by atoms with E-state index in [2.05, 4.69) is 10.2 Å². The van der Waals surface area contributed by atoms with Crippen LogP contribution in [0, 0.1) is 10.1 Å². The number of H-pyrrole nitrogens is 1.